The van der Waals surface area contributed by atoms with Crippen LogP contribution in [0.4, 0.5) is 5.69 Å². The van der Waals surface area contributed by atoms with Gasteiger partial charge in [-0.1, -0.05) is 26.0 Å². The molecule has 2 rings (SSSR count). The van der Waals surface area contributed by atoms with Crippen molar-refractivity contribution in [3.05, 3.63) is 24.3 Å². The molecule has 100 valence electrons. The third kappa shape index (κ3) is 3.41. The molecule has 0 aliphatic heterocycles. The number of benzene rings is 1. The number of ether oxygens (including phenoxy) is 1. The highest BCUT2D eigenvalue weighted by atomic mass is 16.5. The summed E-state index contributed by atoms with van der Waals surface area (Å²) in [4.78, 5) is 0. The molecule has 2 heteroatoms. The van der Waals surface area contributed by atoms with Crippen LogP contribution in [0.15, 0.2) is 24.3 Å². The molecule has 0 bridgehead atoms. The van der Waals surface area contributed by atoms with Crippen LogP contribution in [0, 0.1) is 5.41 Å². The molecule has 1 N–H and O–H groups in total. The first-order valence-corrected chi connectivity index (χ1v) is 7.09. The topological polar surface area (TPSA) is 21.3 Å². The fraction of sp³-hybridized carbons (Fsp3) is 0.625. The first-order valence-electron chi connectivity index (χ1n) is 7.09. The summed E-state index contributed by atoms with van der Waals surface area (Å²) in [6.45, 7) is 7.49. The van der Waals surface area contributed by atoms with Gasteiger partial charge in [-0.15, -0.1) is 0 Å². The summed E-state index contributed by atoms with van der Waals surface area (Å²) >= 11 is 0. The zero-order chi connectivity index (χ0) is 13.0. The lowest BCUT2D eigenvalue weighted by Gasteiger charge is -2.35. The summed E-state index contributed by atoms with van der Waals surface area (Å²) in [5.74, 6) is 0.977. The molecule has 1 fully saturated rings. The van der Waals surface area contributed by atoms with Crippen LogP contribution in [-0.2, 0) is 0 Å². The highest BCUT2D eigenvalue weighted by molar-refractivity contribution is 5.56. The van der Waals surface area contributed by atoms with E-state index in [1.165, 1.54) is 25.7 Å². The maximum atomic E-state index is 5.66. The number of anilines is 1. The quantitative estimate of drug-likeness (QED) is 0.847. The van der Waals surface area contributed by atoms with Gasteiger partial charge in [0.25, 0.3) is 0 Å². The van der Waals surface area contributed by atoms with E-state index in [1.54, 1.807) is 0 Å². The lowest BCUT2D eigenvalue weighted by atomic mass is 9.75. The van der Waals surface area contributed by atoms with Gasteiger partial charge in [0.1, 0.15) is 5.75 Å². The molecule has 18 heavy (non-hydrogen) atoms. The standard InChI is InChI=1S/C16H25NO/c1-4-18-15-8-6-5-7-14(15)17-13-9-11-16(2,3)12-10-13/h5-8,13,17H,4,9-12H2,1-3H3. The Hall–Kier alpha value is -1.18. The van der Waals surface area contributed by atoms with E-state index in [1.807, 2.05) is 19.1 Å². The summed E-state index contributed by atoms with van der Waals surface area (Å²) in [5.41, 5.74) is 1.67. The first kappa shape index (κ1) is 13.3. The monoisotopic (exact) mass is 247 g/mol. The molecule has 1 saturated carbocycles. The molecule has 0 aromatic heterocycles. The number of hydrogen-bond acceptors (Lipinski definition) is 2. The van der Waals surface area contributed by atoms with Gasteiger partial charge in [-0.05, 0) is 50.2 Å². The van der Waals surface area contributed by atoms with E-state index < -0.39 is 0 Å². The molecular formula is C16H25NO. The van der Waals surface area contributed by atoms with Crippen molar-refractivity contribution in [1.82, 2.24) is 0 Å². The second kappa shape index (κ2) is 5.64. The normalized spacial score (nSPS) is 19.5. The Morgan fingerprint density at radius 2 is 1.89 bits per heavy atom. The Bertz CT molecular complexity index is 376. The average Bonchev–Trinajstić information content (AvgIpc) is 2.35. The average molecular weight is 247 g/mol. The van der Waals surface area contributed by atoms with Crippen molar-refractivity contribution in [2.24, 2.45) is 5.41 Å². The van der Waals surface area contributed by atoms with Gasteiger partial charge in [-0.25, -0.2) is 0 Å². The van der Waals surface area contributed by atoms with Crippen molar-refractivity contribution in [3.8, 4) is 5.75 Å². The van der Waals surface area contributed by atoms with Gasteiger partial charge in [0.05, 0.1) is 12.3 Å². The molecule has 0 heterocycles. The fourth-order valence-corrected chi connectivity index (χ4v) is 2.63. The number of rotatable bonds is 4. The largest absolute Gasteiger partial charge is 0.492 e. The van der Waals surface area contributed by atoms with E-state index in [0.717, 1.165) is 18.0 Å². The molecular weight excluding hydrogens is 222 g/mol. The number of nitrogens with one attached hydrogen (secondary N) is 1. The van der Waals surface area contributed by atoms with Crippen molar-refractivity contribution in [1.29, 1.82) is 0 Å². The first-order chi connectivity index (χ1) is 8.61. The van der Waals surface area contributed by atoms with E-state index in [-0.39, 0.29) is 0 Å². The summed E-state index contributed by atoms with van der Waals surface area (Å²) in [5, 5.41) is 3.65. The van der Waals surface area contributed by atoms with Crippen molar-refractivity contribution in [2.75, 3.05) is 11.9 Å². The smallest absolute Gasteiger partial charge is 0.142 e. The lowest BCUT2D eigenvalue weighted by Crippen LogP contribution is -2.30. The Morgan fingerprint density at radius 3 is 2.56 bits per heavy atom. The summed E-state index contributed by atoms with van der Waals surface area (Å²) in [7, 11) is 0. The molecule has 1 aromatic carbocycles. The lowest BCUT2D eigenvalue weighted by molar-refractivity contribution is 0.232. The molecule has 0 saturated heterocycles. The zero-order valence-corrected chi connectivity index (χ0v) is 11.8. The van der Waals surface area contributed by atoms with Gasteiger partial charge in [-0.2, -0.15) is 0 Å². The van der Waals surface area contributed by atoms with Crippen LogP contribution in [0.25, 0.3) is 0 Å². The third-order valence-electron chi connectivity index (χ3n) is 3.89. The van der Waals surface area contributed by atoms with Crippen LogP contribution in [0.5, 0.6) is 5.75 Å². The molecule has 0 unspecified atom stereocenters. The SMILES string of the molecule is CCOc1ccccc1NC1CCC(C)(C)CC1. The van der Waals surface area contributed by atoms with Crippen LogP contribution >= 0.6 is 0 Å². The number of para-hydroxylation sites is 2. The Morgan fingerprint density at radius 1 is 1.22 bits per heavy atom. The van der Waals surface area contributed by atoms with E-state index in [2.05, 4.69) is 31.3 Å². The molecule has 0 radical (unpaired) electrons. The Labute approximate surface area is 111 Å². The van der Waals surface area contributed by atoms with Crippen LogP contribution in [-0.4, -0.2) is 12.6 Å². The highest BCUT2D eigenvalue weighted by Gasteiger charge is 2.26. The number of hydrogen-bond donors (Lipinski definition) is 1. The summed E-state index contributed by atoms with van der Waals surface area (Å²) in [6, 6.07) is 8.85. The van der Waals surface area contributed by atoms with Gasteiger partial charge < -0.3 is 10.1 Å². The van der Waals surface area contributed by atoms with Crippen LogP contribution in [0.2, 0.25) is 0 Å². The van der Waals surface area contributed by atoms with Crippen LogP contribution < -0.4 is 10.1 Å². The molecule has 1 aromatic rings. The van der Waals surface area contributed by atoms with Crippen molar-refractivity contribution in [3.63, 3.8) is 0 Å². The molecule has 0 spiro atoms. The van der Waals surface area contributed by atoms with E-state index >= 15 is 0 Å². The molecule has 1 aliphatic carbocycles. The molecule has 0 amide bonds. The summed E-state index contributed by atoms with van der Waals surface area (Å²) in [6.07, 6.45) is 5.13. The third-order valence-corrected chi connectivity index (χ3v) is 3.89. The molecule has 0 atom stereocenters. The minimum Gasteiger partial charge on any atom is -0.492 e. The van der Waals surface area contributed by atoms with Gasteiger partial charge in [0.2, 0.25) is 0 Å². The second-order valence-electron chi connectivity index (χ2n) is 6.01. The maximum absolute atomic E-state index is 5.66. The van der Waals surface area contributed by atoms with Gasteiger partial charge in [0, 0.05) is 6.04 Å². The van der Waals surface area contributed by atoms with Crippen LogP contribution in [0.3, 0.4) is 0 Å². The van der Waals surface area contributed by atoms with Gasteiger partial charge in [-0.3, -0.25) is 0 Å². The zero-order valence-electron chi connectivity index (χ0n) is 11.8. The highest BCUT2D eigenvalue weighted by Crippen LogP contribution is 2.37. The summed E-state index contributed by atoms with van der Waals surface area (Å²) < 4.78 is 5.66. The Kier molecular flexibility index (Phi) is 4.15. The van der Waals surface area contributed by atoms with E-state index in [0.29, 0.717) is 11.5 Å². The Balaban J connectivity index is 1.97. The van der Waals surface area contributed by atoms with Crippen molar-refractivity contribution in [2.45, 2.75) is 52.5 Å². The van der Waals surface area contributed by atoms with E-state index in [9.17, 15) is 0 Å². The minimum absolute atomic E-state index is 0.525. The molecule has 2 nitrogen and oxygen atoms in total. The van der Waals surface area contributed by atoms with E-state index in [4.69, 9.17) is 4.74 Å². The maximum Gasteiger partial charge on any atom is 0.142 e. The van der Waals surface area contributed by atoms with Gasteiger partial charge >= 0.3 is 0 Å². The fourth-order valence-electron chi connectivity index (χ4n) is 2.63. The second-order valence-corrected chi connectivity index (χ2v) is 6.01. The molecule has 1 aliphatic rings. The minimum atomic E-state index is 0.525. The van der Waals surface area contributed by atoms with Crippen molar-refractivity contribution >= 4 is 5.69 Å². The van der Waals surface area contributed by atoms with Crippen LogP contribution in [0.1, 0.15) is 46.5 Å². The van der Waals surface area contributed by atoms with Crippen molar-refractivity contribution < 1.29 is 4.74 Å². The van der Waals surface area contributed by atoms with Gasteiger partial charge in [0.15, 0.2) is 0 Å². The predicted octanol–water partition coefficient (Wildman–Crippen LogP) is 4.47. The predicted molar refractivity (Wildman–Crippen MR) is 77.3 cm³/mol.